The molecule has 0 radical (unpaired) electrons. The molecule has 0 saturated heterocycles. The first-order chi connectivity index (χ1) is 9.17. The Kier molecular flexibility index (Phi) is 4.77. The molecular formula is C15H20BrN3. The van der Waals surface area contributed by atoms with Crippen LogP contribution in [0.25, 0.3) is 5.69 Å². The van der Waals surface area contributed by atoms with Gasteiger partial charge in [0, 0.05) is 35.0 Å². The normalized spacial score (nSPS) is 12.6. The van der Waals surface area contributed by atoms with Crippen molar-refractivity contribution in [3.8, 4) is 5.69 Å². The van der Waals surface area contributed by atoms with Gasteiger partial charge in [0.1, 0.15) is 5.82 Å². The Morgan fingerprint density at radius 3 is 2.79 bits per heavy atom. The molecule has 0 aliphatic carbocycles. The van der Waals surface area contributed by atoms with Gasteiger partial charge in [0.25, 0.3) is 0 Å². The van der Waals surface area contributed by atoms with Gasteiger partial charge < -0.3 is 9.88 Å². The molecule has 3 nitrogen and oxygen atoms in total. The first-order valence-corrected chi connectivity index (χ1v) is 7.52. The van der Waals surface area contributed by atoms with E-state index in [0.717, 1.165) is 29.0 Å². The first-order valence-electron chi connectivity index (χ1n) is 6.72. The van der Waals surface area contributed by atoms with Crippen LogP contribution in [0.15, 0.2) is 35.1 Å². The van der Waals surface area contributed by atoms with Crippen molar-refractivity contribution in [2.75, 3.05) is 6.54 Å². The number of nitrogens with one attached hydrogen (secondary N) is 1. The fraction of sp³-hybridized carbons (Fsp3) is 0.400. The summed E-state index contributed by atoms with van der Waals surface area (Å²) in [5.41, 5.74) is 2.43. The largest absolute Gasteiger partial charge is 0.310 e. The van der Waals surface area contributed by atoms with E-state index in [1.165, 1.54) is 5.56 Å². The van der Waals surface area contributed by atoms with Crippen molar-refractivity contribution < 1.29 is 0 Å². The van der Waals surface area contributed by atoms with Crippen LogP contribution in [0.4, 0.5) is 0 Å². The number of benzene rings is 1. The van der Waals surface area contributed by atoms with Crippen molar-refractivity contribution in [1.82, 2.24) is 14.9 Å². The van der Waals surface area contributed by atoms with Crippen LogP contribution in [0.2, 0.25) is 0 Å². The topological polar surface area (TPSA) is 29.9 Å². The zero-order valence-corrected chi connectivity index (χ0v) is 13.2. The van der Waals surface area contributed by atoms with Crippen LogP contribution in [-0.4, -0.2) is 16.1 Å². The minimum atomic E-state index is 0.349. The zero-order chi connectivity index (χ0) is 13.8. The lowest BCUT2D eigenvalue weighted by atomic mass is 10.1. The highest BCUT2D eigenvalue weighted by atomic mass is 79.9. The smallest absolute Gasteiger partial charge is 0.112 e. The molecule has 1 heterocycles. The Hall–Kier alpha value is -1.13. The summed E-state index contributed by atoms with van der Waals surface area (Å²) in [6, 6.07) is 6.83. The number of imidazole rings is 1. The number of hydrogen-bond acceptors (Lipinski definition) is 2. The van der Waals surface area contributed by atoms with Crippen molar-refractivity contribution >= 4 is 15.9 Å². The molecule has 0 amide bonds. The summed E-state index contributed by atoms with van der Waals surface area (Å²) in [5.74, 6) is 1.08. The number of rotatable bonds is 5. The van der Waals surface area contributed by atoms with E-state index in [-0.39, 0.29) is 0 Å². The maximum Gasteiger partial charge on any atom is 0.112 e. The molecule has 0 fully saturated rings. The molecule has 0 saturated carbocycles. The van der Waals surface area contributed by atoms with Gasteiger partial charge in [0.2, 0.25) is 0 Å². The van der Waals surface area contributed by atoms with Gasteiger partial charge in [0.05, 0.1) is 0 Å². The molecule has 0 aliphatic rings. The molecule has 1 unspecified atom stereocenters. The second-order valence-electron chi connectivity index (χ2n) is 4.55. The quantitative estimate of drug-likeness (QED) is 0.906. The molecule has 0 spiro atoms. The SMILES string of the molecule is CCNC(C)c1ccc(-n2ccnc2CC)cc1Br. The van der Waals surface area contributed by atoms with Crippen molar-refractivity contribution in [1.29, 1.82) is 0 Å². The van der Waals surface area contributed by atoms with E-state index in [2.05, 4.69) is 69.8 Å². The summed E-state index contributed by atoms with van der Waals surface area (Å²) in [7, 11) is 0. The van der Waals surface area contributed by atoms with E-state index in [4.69, 9.17) is 0 Å². The summed E-state index contributed by atoms with van der Waals surface area (Å²) >= 11 is 3.68. The van der Waals surface area contributed by atoms with Gasteiger partial charge in [-0.15, -0.1) is 0 Å². The lowest BCUT2D eigenvalue weighted by Gasteiger charge is -2.16. The average Bonchev–Trinajstić information content (AvgIpc) is 2.87. The van der Waals surface area contributed by atoms with Crippen molar-refractivity contribution in [2.45, 2.75) is 33.2 Å². The molecule has 4 heteroatoms. The Morgan fingerprint density at radius 2 is 2.16 bits per heavy atom. The average molecular weight is 322 g/mol. The number of hydrogen-bond donors (Lipinski definition) is 1. The second kappa shape index (κ2) is 6.35. The van der Waals surface area contributed by atoms with Crippen LogP contribution in [0.3, 0.4) is 0 Å². The minimum absolute atomic E-state index is 0.349. The highest BCUT2D eigenvalue weighted by Crippen LogP contribution is 2.26. The third kappa shape index (κ3) is 3.07. The summed E-state index contributed by atoms with van der Waals surface area (Å²) in [4.78, 5) is 4.36. The van der Waals surface area contributed by atoms with Gasteiger partial charge in [0.15, 0.2) is 0 Å². The molecule has 2 rings (SSSR count). The maximum absolute atomic E-state index is 4.36. The van der Waals surface area contributed by atoms with E-state index in [1.807, 2.05) is 12.4 Å². The van der Waals surface area contributed by atoms with Crippen molar-refractivity contribution in [3.05, 3.63) is 46.5 Å². The Bertz CT molecular complexity index is 548. The Balaban J connectivity index is 2.33. The van der Waals surface area contributed by atoms with Crippen LogP contribution < -0.4 is 5.32 Å². The monoisotopic (exact) mass is 321 g/mol. The van der Waals surface area contributed by atoms with E-state index in [1.54, 1.807) is 0 Å². The molecule has 1 aromatic carbocycles. The molecule has 0 aliphatic heterocycles. The van der Waals surface area contributed by atoms with Crippen LogP contribution in [0.5, 0.6) is 0 Å². The standard InChI is InChI=1S/C15H20BrN3/c1-4-15-18-8-9-19(15)12-6-7-13(14(16)10-12)11(3)17-5-2/h6-11,17H,4-5H2,1-3H3. The molecule has 1 atom stereocenters. The van der Waals surface area contributed by atoms with Gasteiger partial charge in [-0.25, -0.2) is 4.98 Å². The molecule has 1 aromatic heterocycles. The van der Waals surface area contributed by atoms with Crippen molar-refractivity contribution in [2.24, 2.45) is 0 Å². The van der Waals surface area contributed by atoms with Gasteiger partial charge in [-0.05, 0) is 31.2 Å². The van der Waals surface area contributed by atoms with Crippen LogP contribution in [0, 0.1) is 0 Å². The van der Waals surface area contributed by atoms with E-state index >= 15 is 0 Å². The van der Waals surface area contributed by atoms with Crippen molar-refractivity contribution in [3.63, 3.8) is 0 Å². The minimum Gasteiger partial charge on any atom is -0.310 e. The Labute approximate surface area is 123 Å². The number of aryl methyl sites for hydroxylation is 1. The third-order valence-corrected chi connectivity index (χ3v) is 3.96. The maximum atomic E-state index is 4.36. The molecule has 0 bridgehead atoms. The summed E-state index contributed by atoms with van der Waals surface area (Å²) in [6.07, 6.45) is 4.79. The fourth-order valence-corrected chi connectivity index (χ4v) is 2.97. The number of halogens is 1. The van der Waals surface area contributed by atoms with Crippen LogP contribution in [0.1, 0.15) is 38.2 Å². The summed E-state index contributed by atoms with van der Waals surface area (Å²) in [6.45, 7) is 7.39. The zero-order valence-electron chi connectivity index (χ0n) is 11.7. The lowest BCUT2D eigenvalue weighted by Crippen LogP contribution is -2.18. The van der Waals surface area contributed by atoms with Crippen LogP contribution in [-0.2, 0) is 6.42 Å². The number of nitrogens with zero attached hydrogens (tertiary/aromatic N) is 2. The highest BCUT2D eigenvalue weighted by Gasteiger charge is 2.10. The lowest BCUT2D eigenvalue weighted by molar-refractivity contribution is 0.596. The fourth-order valence-electron chi connectivity index (χ4n) is 2.26. The molecule has 1 N–H and O–H groups in total. The second-order valence-corrected chi connectivity index (χ2v) is 5.41. The van der Waals surface area contributed by atoms with Gasteiger partial charge >= 0.3 is 0 Å². The van der Waals surface area contributed by atoms with E-state index in [0.29, 0.717) is 6.04 Å². The molecule has 102 valence electrons. The summed E-state index contributed by atoms with van der Waals surface area (Å²) in [5, 5.41) is 3.43. The Morgan fingerprint density at radius 1 is 1.37 bits per heavy atom. The van der Waals surface area contributed by atoms with E-state index < -0.39 is 0 Å². The molecule has 2 aromatic rings. The molecule has 19 heavy (non-hydrogen) atoms. The van der Waals surface area contributed by atoms with Crippen LogP contribution >= 0.6 is 15.9 Å². The predicted molar refractivity (Wildman–Crippen MR) is 82.7 cm³/mol. The molecular weight excluding hydrogens is 302 g/mol. The third-order valence-electron chi connectivity index (χ3n) is 3.27. The van der Waals surface area contributed by atoms with Gasteiger partial charge in [-0.1, -0.05) is 35.8 Å². The van der Waals surface area contributed by atoms with Gasteiger partial charge in [-0.2, -0.15) is 0 Å². The summed E-state index contributed by atoms with van der Waals surface area (Å²) < 4.78 is 3.26. The number of aromatic nitrogens is 2. The van der Waals surface area contributed by atoms with E-state index in [9.17, 15) is 0 Å². The van der Waals surface area contributed by atoms with Gasteiger partial charge in [-0.3, -0.25) is 0 Å². The highest BCUT2D eigenvalue weighted by molar-refractivity contribution is 9.10. The predicted octanol–water partition coefficient (Wildman–Crippen LogP) is 3.87. The first kappa shape index (κ1) is 14.3.